The summed E-state index contributed by atoms with van der Waals surface area (Å²) < 4.78 is 18.2. The van der Waals surface area contributed by atoms with Crippen molar-refractivity contribution in [2.24, 2.45) is 5.92 Å². The molecule has 0 aromatic heterocycles. The highest BCUT2D eigenvalue weighted by Crippen LogP contribution is 2.17. The van der Waals surface area contributed by atoms with E-state index >= 15 is 0 Å². The lowest BCUT2D eigenvalue weighted by Gasteiger charge is -2.23. The Labute approximate surface area is 142 Å². The van der Waals surface area contributed by atoms with E-state index in [0.29, 0.717) is 13.2 Å². The molecule has 1 aromatic rings. The number of hydrogen-bond donors (Lipinski definition) is 0. The Hall–Kier alpha value is -1.72. The lowest BCUT2D eigenvalue weighted by Crippen LogP contribution is -2.39. The second kappa shape index (κ2) is 8.40. The van der Waals surface area contributed by atoms with E-state index in [1.807, 2.05) is 11.0 Å². The standard InChI is InChI=1S/C19H25FN2O2/c20-18-6-4-16(5-7-18)3-1-9-21-10-2-11-22(13-12-21)19(23)17-8-14-24-15-17/h1,3-7,17H,2,8-15H2/b3-1+. The Morgan fingerprint density at radius 3 is 2.79 bits per heavy atom. The third-order valence-corrected chi connectivity index (χ3v) is 4.72. The molecule has 1 unspecified atom stereocenters. The number of halogens is 1. The number of ether oxygens (including phenoxy) is 1. The summed E-state index contributed by atoms with van der Waals surface area (Å²) >= 11 is 0. The summed E-state index contributed by atoms with van der Waals surface area (Å²) in [7, 11) is 0. The first-order chi connectivity index (χ1) is 11.7. The van der Waals surface area contributed by atoms with Gasteiger partial charge in [0.1, 0.15) is 5.82 Å². The van der Waals surface area contributed by atoms with Crippen molar-refractivity contribution < 1.29 is 13.9 Å². The van der Waals surface area contributed by atoms with E-state index in [1.165, 1.54) is 12.1 Å². The van der Waals surface area contributed by atoms with E-state index < -0.39 is 0 Å². The van der Waals surface area contributed by atoms with Crippen LogP contribution in [0.15, 0.2) is 30.3 Å². The minimum atomic E-state index is -0.211. The van der Waals surface area contributed by atoms with Gasteiger partial charge in [-0.1, -0.05) is 24.3 Å². The SMILES string of the molecule is O=C(C1CCOC1)N1CCCN(C/C=C/c2ccc(F)cc2)CC1. The molecule has 1 aromatic carbocycles. The zero-order valence-corrected chi connectivity index (χ0v) is 14.0. The van der Waals surface area contributed by atoms with Crippen molar-refractivity contribution in [3.63, 3.8) is 0 Å². The van der Waals surface area contributed by atoms with Crippen LogP contribution in [0.5, 0.6) is 0 Å². The largest absolute Gasteiger partial charge is 0.381 e. The van der Waals surface area contributed by atoms with Crippen molar-refractivity contribution >= 4 is 12.0 Å². The average molecular weight is 332 g/mol. The van der Waals surface area contributed by atoms with Gasteiger partial charge in [-0.25, -0.2) is 4.39 Å². The topological polar surface area (TPSA) is 32.8 Å². The molecular formula is C19H25FN2O2. The summed E-state index contributed by atoms with van der Waals surface area (Å²) in [5.41, 5.74) is 1.00. The monoisotopic (exact) mass is 332 g/mol. The van der Waals surface area contributed by atoms with E-state index in [2.05, 4.69) is 11.0 Å². The van der Waals surface area contributed by atoms with Crippen LogP contribution in [-0.4, -0.2) is 61.6 Å². The molecule has 130 valence electrons. The van der Waals surface area contributed by atoms with E-state index in [1.54, 1.807) is 12.1 Å². The van der Waals surface area contributed by atoms with Crippen molar-refractivity contribution in [2.45, 2.75) is 12.8 Å². The first-order valence-electron chi connectivity index (χ1n) is 8.73. The fraction of sp³-hybridized carbons (Fsp3) is 0.526. The minimum Gasteiger partial charge on any atom is -0.381 e. The fourth-order valence-electron chi connectivity index (χ4n) is 3.27. The van der Waals surface area contributed by atoms with Crippen LogP contribution in [0.3, 0.4) is 0 Å². The molecule has 2 heterocycles. The highest BCUT2D eigenvalue weighted by molar-refractivity contribution is 5.79. The maximum absolute atomic E-state index is 12.9. The van der Waals surface area contributed by atoms with Crippen molar-refractivity contribution in [3.05, 3.63) is 41.7 Å². The number of nitrogens with zero attached hydrogens (tertiary/aromatic N) is 2. The Morgan fingerprint density at radius 2 is 2.04 bits per heavy atom. The quantitative estimate of drug-likeness (QED) is 0.849. The number of amides is 1. The number of carbonyl (C=O) groups is 1. The molecule has 2 aliphatic heterocycles. The van der Waals surface area contributed by atoms with Gasteiger partial charge in [0.15, 0.2) is 0 Å². The number of benzene rings is 1. The second-order valence-electron chi connectivity index (χ2n) is 6.49. The predicted molar refractivity (Wildman–Crippen MR) is 92.0 cm³/mol. The summed E-state index contributed by atoms with van der Waals surface area (Å²) in [6.45, 7) is 5.68. The molecule has 0 radical (unpaired) electrons. The molecule has 2 aliphatic rings. The van der Waals surface area contributed by atoms with Crippen molar-refractivity contribution in [3.8, 4) is 0 Å². The molecule has 1 atom stereocenters. The number of hydrogen-bond acceptors (Lipinski definition) is 3. The van der Waals surface area contributed by atoms with Gasteiger partial charge in [0.25, 0.3) is 0 Å². The van der Waals surface area contributed by atoms with Crippen LogP contribution in [0.2, 0.25) is 0 Å². The van der Waals surface area contributed by atoms with Crippen LogP contribution in [0.4, 0.5) is 4.39 Å². The van der Waals surface area contributed by atoms with E-state index in [0.717, 1.165) is 51.1 Å². The van der Waals surface area contributed by atoms with E-state index in [4.69, 9.17) is 4.74 Å². The summed E-state index contributed by atoms with van der Waals surface area (Å²) in [5.74, 6) is 0.114. The van der Waals surface area contributed by atoms with Gasteiger partial charge in [-0.3, -0.25) is 9.69 Å². The molecule has 0 saturated carbocycles. The van der Waals surface area contributed by atoms with Crippen LogP contribution in [-0.2, 0) is 9.53 Å². The van der Waals surface area contributed by atoms with Crippen molar-refractivity contribution in [1.82, 2.24) is 9.80 Å². The molecule has 0 bridgehead atoms. The van der Waals surface area contributed by atoms with E-state index in [-0.39, 0.29) is 17.6 Å². The Bertz CT molecular complexity index is 567. The first-order valence-corrected chi connectivity index (χ1v) is 8.73. The Kier molecular flexibility index (Phi) is 5.99. The third-order valence-electron chi connectivity index (χ3n) is 4.72. The van der Waals surface area contributed by atoms with Gasteiger partial charge in [0, 0.05) is 39.3 Å². The van der Waals surface area contributed by atoms with Gasteiger partial charge in [0.05, 0.1) is 12.5 Å². The van der Waals surface area contributed by atoms with Gasteiger partial charge >= 0.3 is 0 Å². The number of carbonyl (C=O) groups excluding carboxylic acids is 1. The van der Waals surface area contributed by atoms with Crippen LogP contribution in [0.1, 0.15) is 18.4 Å². The summed E-state index contributed by atoms with van der Waals surface area (Å²) in [6.07, 6.45) is 5.99. The van der Waals surface area contributed by atoms with Crippen LogP contribution in [0.25, 0.3) is 6.08 Å². The molecule has 3 rings (SSSR count). The lowest BCUT2D eigenvalue weighted by molar-refractivity contribution is -0.135. The Balaban J connectivity index is 1.46. The Morgan fingerprint density at radius 1 is 1.21 bits per heavy atom. The molecule has 24 heavy (non-hydrogen) atoms. The summed E-state index contributed by atoms with van der Waals surface area (Å²) in [6, 6.07) is 6.50. The molecule has 0 N–H and O–H groups in total. The highest BCUT2D eigenvalue weighted by atomic mass is 19.1. The van der Waals surface area contributed by atoms with Gasteiger partial charge in [-0.15, -0.1) is 0 Å². The number of rotatable bonds is 4. The zero-order chi connectivity index (χ0) is 16.8. The molecular weight excluding hydrogens is 307 g/mol. The third kappa shape index (κ3) is 4.65. The zero-order valence-electron chi connectivity index (χ0n) is 14.0. The molecule has 4 nitrogen and oxygen atoms in total. The summed E-state index contributed by atoms with van der Waals surface area (Å²) in [5, 5.41) is 0. The van der Waals surface area contributed by atoms with Gasteiger partial charge in [-0.2, -0.15) is 0 Å². The molecule has 1 amide bonds. The average Bonchev–Trinajstić information content (AvgIpc) is 3.03. The van der Waals surface area contributed by atoms with Gasteiger partial charge in [-0.05, 0) is 30.5 Å². The smallest absolute Gasteiger partial charge is 0.228 e. The van der Waals surface area contributed by atoms with Crippen LogP contribution < -0.4 is 0 Å². The van der Waals surface area contributed by atoms with Crippen LogP contribution >= 0.6 is 0 Å². The lowest BCUT2D eigenvalue weighted by atomic mass is 10.1. The minimum absolute atomic E-state index is 0.0647. The molecule has 0 aliphatic carbocycles. The predicted octanol–water partition coefficient (Wildman–Crippen LogP) is 2.41. The van der Waals surface area contributed by atoms with Crippen molar-refractivity contribution in [1.29, 1.82) is 0 Å². The molecule has 0 spiro atoms. The first kappa shape index (κ1) is 17.1. The van der Waals surface area contributed by atoms with E-state index in [9.17, 15) is 9.18 Å². The van der Waals surface area contributed by atoms with Crippen LogP contribution in [0, 0.1) is 11.7 Å². The molecule has 2 saturated heterocycles. The normalized spacial score (nSPS) is 22.9. The maximum Gasteiger partial charge on any atom is 0.228 e. The molecule has 2 fully saturated rings. The van der Waals surface area contributed by atoms with Crippen molar-refractivity contribution in [2.75, 3.05) is 45.9 Å². The van der Waals surface area contributed by atoms with Gasteiger partial charge in [0.2, 0.25) is 5.91 Å². The highest BCUT2D eigenvalue weighted by Gasteiger charge is 2.28. The molecule has 5 heteroatoms. The summed E-state index contributed by atoms with van der Waals surface area (Å²) in [4.78, 5) is 16.8. The van der Waals surface area contributed by atoms with Gasteiger partial charge < -0.3 is 9.64 Å². The second-order valence-corrected chi connectivity index (χ2v) is 6.49. The maximum atomic E-state index is 12.9. The fourth-order valence-corrected chi connectivity index (χ4v) is 3.27.